The summed E-state index contributed by atoms with van der Waals surface area (Å²) in [4.78, 5) is 32.8. The van der Waals surface area contributed by atoms with E-state index in [0.29, 0.717) is 18.7 Å². The molecule has 0 atom stereocenters. The van der Waals surface area contributed by atoms with Gasteiger partial charge in [0.2, 0.25) is 5.91 Å². The van der Waals surface area contributed by atoms with Gasteiger partial charge in [-0.15, -0.1) is 35.3 Å². The molecule has 2 aromatic rings. The average Bonchev–Trinajstić information content (AvgIpc) is 2.99. The SMILES string of the molecule is CCNC(=NCc1ccc(C(=O)NCC(N)=O)cc1)NCc1sc(C)nc1C.I. The predicted octanol–water partition coefficient (Wildman–Crippen LogP) is 1.85. The number of aryl methyl sites for hydroxylation is 2. The van der Waals surface area contributed by atoms with Gasteiger partial charge in [0.25, 0.3) is 5.91 Å². The summed E-state index contributed by atoms with van der Waals surface area (Å²) in [5, 5.41) is 10.1. The monoisotopic (exact) mass is 530 g/mol. The summed E-state index contributed by atoms with van der Waals surface area (Å²) >= 11 is 1.68. The standard InChI is InChI=1S/C19H26N6O2S.HI/c1-4-21-19(24-10-16-12(2)25-13(3)28-16)23-9-14-5-7-15(8-6-14)18(27)22-11-17(20)26;/h5-8H,4,9-11H2,1-3H3,(H2,20,26)(H,22,27)(H2,21,23,24);1H. The number of guanidine groups is 1. The number of hydrogen-bond acceptors (Lipinski definition) is 5. The lowest BCUT2D eigenvalue weighted by Gasteiger charge is -2.11. The summed E-state index contributed by atoms with van der Waals surface area (Å²) in [6.07, 6.45) is 0. The predicted molar refractivity (Wildman–Crippen MR) is 127 cm³/mol. The number of nitrogens with one attached hydrogen (secondary N) is 3. The van der Waals surface area contributed by atoms with Crippen LogP contribution in [0.4, 0.5) is 0 Å². The maximum absolute atomic E-state index is 11.9. The van der Waals surface area contributed by atoms with Crippen LogP contribution in [0.5, 0.6) is 0 Å². The van der Waals surface area contributed by atoms with Crippen molar-refractivity contribution in [3.63, 3.8) is 0 Å². The Balaban J connectivity index is 0.00000420. The lowest BCUT2D eigenvalue weighted by Crippen LogP contribution is -2.36. The Labute approximate surface area is 191 Å². The molecule has 0 bridgehead atoms. The van der Waals surface area contributed by atoms with Crippen molar-refractivity contribution >= 4 is 53.1 Å². The first-order valence-electron chi connectivity index (χ1n) is 8.99. The number of carbonyl (C=O) groups is 2. The van der Waals surface area contributed by atoms with Gasteiger partial charge in [0.15, 0.2) is 5.96 Å². The van der Waals surface area contributed by atoms with Gasteiger partial charge < -0.3 is 21.7 Å². The van der Waals surface area contributed by atoms with E-state index in [0.717, 1.165) is 28.8 Å². The molecule has 0 unspecified atom stereocenters. The number of halogens is 1. The zero-order valence-electron chi connectivity index (χ0n) is 16.7. The maximum atomic E-state index is 11.9. The van der Waals surface area contributed by atoms with Crippen molar-refractivity contribution in [2.45, 2.75) is 33.9 Å². The second-order valence-electron chi connectivity index (χ2n) is 6.14. The quantitative estimate of drug-likeness (QED) is 0.236. The summed E-state index contributed by atoms with van der Waals surface area (Å²) in [5.74, 6) is -0.193. The molecular weight excluding hydrogens is 503 g/mol. The Kier molecular flexibility index (Phi) is 10.6. The number of benzene rings is 1. The number of aromatic nitrogens is 1. The van der Waals surface area contributed by atoms with Crippen molar-refractivity contribution in [2.24, 2.45) is 10.7 Å². The highest BCUT2D eigenvalue weighted by Crippen LogP contribution is 2.16. The molecule has 29 heavy (non-hydrogen) atoms. The average molecular weight is 530 g/mol. The molecule has 0 radical (unpaired) electrons. The molecule has 2 amide bonds. The molecule has 0 spiro atoms. The third-order valence-electron chi connectivity index (χ3n) is 3.82. The van der Waals surface area contributed by atoms with Crippen LogP contribution in [0.3, 0.4) is 0 Å². The number of primary amides is 1. The fourth-order valence-corrected chi connectivity index (χ4v) is 3.32. The molecule has 0 saturated carbocycles. The third kappa shape index (κ3) is 8.36. The van der Waals surface area contributed by atoms with Crippen LogP contribution in [0, 0.1) is 13.8 Å². The van der Waals surface area contributed by atoms with Crippen LogP contribution in [-0.2, 0) is 17.9 Å². The molecule has 1 heterocycles. The molecule has 0 aliphatic rings. The number of aliphatic imine (C=N–C) groups is 1. The topological polar surface area (TPSA) is 122 Å². The lowest BCUT2D eigenvalue weighted by atomic mass is 10.1. The van der Waals surface area contributed by atoms with E-state index in [2.05, 4.69) is 25.9 Å². The molecule has 0 aliphatic carbocycles. The van der Waals surface area contributed by atoms with E-state index in [9.17, 15) is 9.59 Å². The number of amides is 2. The highest BCUT2D eigenvalue weighted by molar-refractivity contribution is 14.0. The first-order chi connectivity index (χ1) is 13.4. The Morgan fingerprint density at radius 1 is 1.14 bits per heavy atom. The van der Waals surface area contributed by atoms with Gasteiger partial charge in [0.1, 0.15) is 0 Å². The molecule has 10 heteroatoms. The van der Waals surface area contributed by atoms with Gasteiger partial charge in [0.05, 0.1) is 30.3 Å². The largest absolute Gasteiger partial charge is 0.368 e. The van der Waals surface area contributed by atoms with Crippen molar-refractivity contribution in [3.8, 4) is 0 Å². The maximum Gasteiger partial charge on any atom is 0.251 e. The van der Waals surface area contributed by atoms with E-state index in [4.69, 9.17) is 5.73 Å². The molecule has 8 nitrogen and oxygen atoms in total. The second kappa shape index (κ2) is 12.4. The first kappa shape index (κ1) is 24.8. The molecule has 1 aromatic carbocycles. The van der Waals surface area contributed by atoms with Gasteiger partial charge >= 0.3 is 0 Å². The van der Waals surface area contributed by atoms with Crippen molar-refractivity contribution < 1.29 is 9.59 Å². The number of hydrogen-bond donors (Lipinski definition) is 4. The first-order valence-corrected chi connectivity index (χ1v) is 9.81. The number of nitrogens with zero attached hydrogens (tertiary/aromatic N) is 2. The van der Waals surface area contributed by atoms with Crippen molar-refractivity contribution in [1.82, 2.24) is 20.9 Å². The van der Waals surface area contributed by atoms with Crippen LogP contribution >= 0.6 is 35.3 Å². The molecule has 158 valence electrons. The van der Waals surface area contributed by atoms with Crippen molar-refractivity contribution in [3.05, 3.63) is 51.0 Å². The van der Waals surface area contributed by atoms with Crippen LogP contribution < -0.4 is 21.7 Å². The lowest BCUT2D eigenvalue weighted by molar-refractivity contribution is -0.117. The molecule has 0 saturated heterocycles. The van der Waals surface area contributed by atoms with Gasteiger partial charge in [-0.3, -0.25) is 9.59 Å². The minimum absolute atomic E-state index is 0. The number of thiazole rings is 1. The Bertz CT molecular complexity index is 851. The van der Waals surface area contributed by atoms with Gasteiger partial charge in [-0.2, -0.15) is 0 Å². The van der Waals surface area contributed by atoms with Crippen molar-refractivity contribution in [1.29, 1.82) is 0 Å². The minimum Gasteiger partial charge on any atom is -0.368 e. The molecule has 1 aromatic heterocycles. The van der Waals surface area contributed by atoms with Gasteiger partial charge in [0, 0.05) is 17.0 Å². The summed E-state index contributed by atoms with van der Waals surface area (Å²) in [7, 11) is 0. The van der Waals surface area contributed by atoms with Crippen LogP contribution in [0.25, 0.3) is 0 Å². The zero-order chi connectivity index (χ0) is 20.5. The van der Waals surface area contributed by atoms with Gasteiger partial charge in [-0.1, -0.05) is 12.1 Å². The van der Waals surface area contributed by atoms with Gasteiger partial charge in [-0.05, 0) is 38.5 Å². The molecule has 5 N–H and O–H groups in total. The Hall–Kier alpha value is -2.21. The summed E-state index contributed by atoms with van der Waals surface area (Å²) in [6.45, 7) is 7.73. The van der Waals surface area contributed by atoms with E-state index in [1.165, 1.54) is 4.88 Å². The van der Waals surface area contributed by atoms with E-state index in [1.807, 2.05) is 32.9 Å². The zero-order valence-corrected chi connectivity index (χ0v) is 19.9. The normalized spacial score (nSPS) is 10.8. The van der Waals surface area contributed by atoms with Gasteiger partial charge in [-0.25, -0.2) is 9.98 Å². The van der Waals surface area contributed by atoms with E-state index in [1.54, 1.807) is 23.5 Å². The molecular formula is C19H27IN6O2S. The Morgan fingerprint density at radius 2 is 1.83 bits per heavy atom. The highest BCUT2D eigenvalue weighted by atomic mass is 127. The van der Waals surface area contributed by atoms with Crippen LogP contribution in [0.2, 0.25) is 0 Å². The minimum atomic E-state index is -0.577. The number of nitrogens with two attached hydrogens (primary N) is 1. The van der Waals surface area contributed by atoms with E-state index >= 15 is 0 Å². The van der Waals surface area contributed by atoms with Crippen LogP contribution in [-0.4, -0.2) is 35.8 Å². The fraction of sp³-hybridized carbons (Fsp3) is 0.368. The summed E-state index contributed by atoms with van der Waals surface area (Å²) in [5.41, 5.74) is 7.50. The molecule has 2 rings (SSSR count). The summed E-state index contributed by atoms with van der Waals surface area (Å²) < 4.78 is 0. The van der Waals surface area contributed by atoms with E-state index in [-0.39, 0.29) is 36.4 Å². The number of rotatable bonds is 8. The fourth-order valence-electron chi connectivity index (χ4n) is 2.44. The molecule has 0 aliphatic heterocycles. The van der Waals surface area contributed by atoms with Crippen LogP contribution in [0.1, 0.15) is 38.4 Å². The van der Waals surface area contributed by atoms with E-state index < -0.39 is 5.91 Å². The third-order valence-corrected chi connectivity index (χ3v) is 4.89. The second-order valence-corrected chi connectivity index (χ2v) is 7.42. The number of carbonyl (C=O) groups excluding carboxylic acids is 2. The van der Waals surface area contributed by atoms with Crippen LogP contribution in [0.15, 0.2) is 29.3 Å². The summed E-state index contributed by atoms with van der Waals surface area (Å²) in [6, 6.07) is 7.07. The Morgan fingerprint density at radius 3 is 2.38 bits per heavy atom. The smallest absolute Gasteiger partial charge is 0.251 e. The molecule has 0 fully saturated rings. The highest BCUT2D eigenvalue weighted by Gasteiger charge is 2.07. The van der Waals surface area contributed by atoms with Crippen molar-refractivity contribution in [2.75, 3.05) is 13.1 Å².